The number of hydrogen-bond donors (Lipinski definition) is 2. The Morgan fingerprint density at radius 3 is 1.28 bits per heavy atom. The summed E-state index contributed by atoms with van der Waals surface area (Å²) in [6.07, 6.45) is -0.131. The van der Waals surface area contributed by atoms with Crippen molar-refractivity contribution in [1.82, 2.24) is 23.7 Å². The molecule has 0 aliphatic carbocycles. The summed E-state index contributed by atoms with van der Waals surface area (Å²) >= 11 is 1.74. The average Bonchev–Trinajstić information content (AvgIpc) is 1.54. The largest absolute Gasteiger partial charge is 0.359 e. The van der Waals surface area contributed by atoms with Crippen LogP contribution in [0.1, 0.15) is 23.5 Å². The number of fused-ring (bicyclic) bond motifs is 22. The van der Waals surface area contributed by atoms with Gasteiger partial charge in [-0.3, -0.25) is 23.5 Å². The van der Waals surface area contributed by atoms with Gasteiger partial charge in [0.25, 0.3) is 0 Å². The minimum absolute atomic E-state index is 0.0585. The highest BCUT2D eigenvalue weighted by Crippen LogP contribution is 2.52. The Morgan fingerprint density at radius 1 is 0.308 bits per heavy atom. The van der Waals surface area contributed by atoms with Gasteiger partial charge in [0.1, 0.15) is 23.2 Å². The Hall–Kier alpha value is -13.7. The van der Waals surface area contributed by atoms with Crippen LogP contribution in [0.3, 0.4) is 0 Å². The Morgan fingerprint density at radius 2 is 0.731 bits per heavy atom. The molecule has 2 unspecified atom stereocenters. The van der Waals surface area contributed by atoms with Crippen molar-refractivity contribution >= 4 is 144 Å². The fourth-order valence-electron chi connectivity index (χ4n) is 16.7. The molecule has 4 aliphatic heterocycles. The van der Waals surface area contributed by atoms with E-state index in [0.717, 1.165) is 123 Å². The lowest BCUT2D eigenvalue weighted by Gasteiger charge is -2.33. The second kappa shape index (κ2) is 22.9. The third-order valence-electron chi connectivity index (χ3n) is 21.3. The number of benzene rings is 15. The number of anilines is 4. The first-order valence-electron chi connectivity index (χ1n) is 35.3. The van der Waals surface area contributed by atoms with E-state index in [1.54, 1.807) is 11.3 Å². The maximum absolute atomic E-state index is 5.46. The fraction of sp³-hybridized carbons (Fsp3) is 0.0217. The first kappa shape index (κ1) is 58.1. The van der Waals surface area contributed by atoms with Crippen LogP contribution in [0.5, 0.6) is 0 Å². The molecular formula is C92H59N11S. The van der Waals surface area contributed by atoms with Gasteiger partial charge >= 0.3 is 0 Å². The van der Waals surface area contributed by atoms with Crippen molar-refractivity contribution in [3.63, 3.8) is 0 Å². The molecule has 8 heterocycles. The molecule has 0 radical (unpaired) electrons. The summed E-state index contributed by atoms with van der Waals surface area (Å²) < 4.78 is 8.24. The van der Waals surface area contributed by atoms with Crippen molar-refractivity contribution in [3.05, 3.63) is 345 Å². The minimum Gasteiger partial charge on any atom is -0.359 e. The number of para-hydroxylation sites is 12. The smallest absolute Gasteiger partial charge is 0.217 e. The molecule has 0 saturated carbocycles. The summed E-state index contributed by atoms with van der Waals surface area (Å²) in [6.45, 7) is 0. The predicted octanol–water partition coefficient (Wildman–Crippen LogP) is 23.5. The normalized spacial score (nSPS) is 14.8. The van der Waals surface area contributed by atoms with Crippen molar-refractivity contribution in [3.8, 4) is 49.9 Å². The Bertz CT molecular complexity index is 6800. The zero-order valence-corrected chi connectivity index (χ0v) is 56.7. The molecule has 488 valence electrons. The van der Waals surface area contributed by atoms with Crippen LogP contribution in [0.15, 0.2) is 344 Å². The van der Waals surface area contributed by atoms with Gasteiger partial charge in [0.15, 0.2) is 0 Å². The number of hydrogen-bond acceptors (Lipinski definition) is 9. The highest BCUT2D eigenvalue weighted by atomic mass is 32.1. The lowest BCUT2D eigenvalue weighted by molar-refractivity contribution is 0.814. The van der Waals surface area contributed by atoms with E-state index < -0.39 is 0 Å². The quantitative estimate of drug-likeness (QED) is 0.178. The molecule has 2 atom stereocenters. The van der Waals surface area contributed by atoms with Crippen molar-refractivity contribution in [2.24, 2.45) is 9.98 Å². The first-order chi connectivity index (χ1) is 51.6. The van der Waals surface area contributed by atoms with Crippen molar-refractivity contribution in [2.75, 3.05) is 20.4 Å². The molecule has 0 amide bonds. The van der Waals surface area contributed by atoms with Crippen LogP contribution in [0.25, 0.3) is 136 Å². The Labute approximate surface area is 601 Å². The lowest BCUT2D eigenvalue weighted by Crippen LogP contribution is -2.40. The van der Waals surface area contributed by atoms with Crippen LogP contribution < -0.4 is 20.4 Å². The van der Waals surface area contributed by atoms with Crippen LogP contribution in [0, 0.1) is 0 Å². The minimum atomic E-state index is -0.0727. The number of thiazole rings is 1. The summed E-state index contributed by atoms with van der Waals surface area (Å²) in [5.74, 6) is 2.70. The Balaban J connectivity index is 0.000000132. The zero-order valence-electron chi connectivity index (χ0n) is 55.8. The van der Waals surface area contributed by atoms with Gasteiger partial charge in [0.05, 0.1) is 77.4 Å². The van der Waals surface area contributed by atoms with Crippen LogP contribution in [-0.2, 0) is 0 Å². The van der Waals surface area contributed by atoms with Crippen molar-refractivity contribution in [2.45, 2.75) is 12.3 Å². The second-order valence-electron chi connectivity index (χ2n) is 27.0. The maximum atomic E-state index is 5.46. The molecule has 4 aromatic heterocycles. The third-order valence-corrected chi connectivity index (χ3v) is 22.4. The predicted molar refractivity (Wildman–Crippen MR) is 432 cm³/mol. The third kappa shape index (κ3) is 8.82. The molecule has 15 aromatic carbocycles. The van der Waals surface area contributed by atoms with Gasteiger partial charge in [-0.1, -0.05) is 237 Å². The zero-order chi connectivity index (χ0) is 68.1. The van der Waals surface area contributed by atoms with Crippen LogP contribution in [0.2, 0.25) is 0 Å². The van der Waals surface area contributed by atoms with Crippen LogP contribution in [-0.4, -0.2) is 35.6 Å². The highest BCUT2D eigenvalue weighted by molar-refractivity contribution is 7.21. The summed E-state index contributed by atoms with van der Waals surface area (Å²) in [5.41, 5.74) is 24.5. The van der Waals surface area contributed by atoms with E-state index in [1.165, 1.54) is 70.0 Å². The van der Waals surface area contributed by atoms with Gasteiger partial charge in [-0.2, -0.15) is 0 Å². The summed E-state index contributed by atoms with van der Waals surface area (Å²) in [6, 6.07) is 119. The number of aliphatic imine (C=N–C) groups is 2. The van der Waals surface area contributed by atoms with Gasteiger partial charge in [-0.25, -0.2) is 20.0 Å². The average molecular weight is 1350 g/mol. The van der Waals surface area contributed by atoms with Crippen molar-refractivity contribution < 1.29 is 0 Å². The van der Waals surface area contributed by atoms with Gasteiger partial charge < -0.3 is 10.6 Å². The fourth-order valence-corrected chi connectivity index (χ4v) is 17.6. The standard InChI is InChI=1S/C49H32N6.C43H27N5S/c1-2-14-33(15-3-1)53-44-24-12-9-21-41(44)50-47(53)32-28-26-31(27-29-32)38-30-39-35-17-7-11-23-43(35)54(46(39)36-18-5-4-16-34(36)38)49-52-40-20-8-6-19-37(40)48-51-42-22-10-13-25-45(42)55(48)49;1-2-13-30-28(11-1)32(26-21-23-27(24-22-26)42-45-36-17-7-10-20-39(36)49-42)25-33-29-12-4-8-18-37(29)47(40(30)33)43-46-34-15-5-3-14-31(34)41-44-35-16-6-9-19-38(35)48(41)43/h1-30,48,51H;1-25,41,44H. The van der Waals surface area contributed by atoms with Crippen molar-refractivity contribution in [1.29, 1.82) is 0 Å². The van der Waals surface area contributed by atoms with Gasteiger partial charge in [0, 0.05) is 60.3 Å². The van der Waals surface area contributed by atoms with Crippen LogP contribution >= 0.6 is 11.3 Å². The molecule has 0 fully saturated rings. The topological polar surface area (TPSA) is 95.8 Å². The molecule has 23 rings (SSSR count). The summed E-state index contributed by atoms with van der Waals surface area (Å²) in [7, 11) is 0. The molecule has 11 nitrogen and oxygen atoms in total. The van der Waals surface area contributed by atoms with E-state index >= 15 is 0 Å². The van der Waals surface area contributed by atoms with Crippen LogP contribution in [0.4, 0.5) is 34.1 Å². The number of imidazole rings is 1. The van der Waals surface area contributed by atoms with E-state index in [1.807, 2.05) is 6.07 Å². The molecule has 19 aromatic rings. The lowest BCUT2D eigenvalue weighted by atomic mass is 9.94. The highest BCUT2D eigenvalue weighted by Gasteiger charge is 2.41. The van der Waals surface area contributed by atoms with Gasteiger partial charge in [-0.15, -0.1) is 11.3 Å². The summed E-state index contributed by atoms with van der Waals surface area (Å²) in [5, 5.41) is 18.2. The molecular weight excluding hydrogens is 1290 g/mol. The Kier molecular flexibility index (Phi) is 12.8. The molecule has 104 heavy (non-hydrogen) atoms. The SMILES string of the molecule is c1ccc(-n2c(-c3ccc(-c4cc5c6ccccc6n(C6=Nc7ccccc7C7Nc8ccccc8N67)c5c5ccccc45)cc3)nc3ccccc32)cc1.c1ccc2c(c1)N=C(n1c3ccccc3c3cc(-c4ccc(-c5nc6ccccc6s5)cc4)c4ccccc4c31)N1c3ccccc3NC21. The second-order valence-corrected chi connectivity index (χ2v) is 28.0. The molecule has 4 aliphatic rings. The van der Waals surface area contributed by atoms with E-state index in [9.17, 15) is 0 Å². The van der Waals surface area contributed by atoms with E-state index in [2.05, 4.69) is 362 Å². The first-order valence-corrected chi connectivity index (χ1v) is 36.1. The van der Waals surface area contributed by atoms with E-state index in [4.69, 9.17) is 20.0 Å². The summed E-state index contributed by atoms with van der Waals surface area (Å²) in [4.78, 5) is 25.7. The number of nitrogens with zero attached hydrogens (tertiary/aromatic N) is 9. The number of rotatable bonds is 5. The van der Waals surface area contributed by atoms with Gasteiger partial charge in [-0.05, 0) is 130 Å². The van der Waals surface area contributed by atoms with Gasteiger partial charge in [0.2, 0.25) is 11.9 Å². The molecule has 0 spiro atoms. The number of nitrogens with one attached hydrogen (secondary N) is 2. The molecule has 2 N–H and O–H groups in total. The molecule has 0 saturated heterocycles. The molecule has 0 bridgehead atoms. The monoisotopic (exact) mass is 1350 g/mol. The van der Waals surface area contributed by atoms with E-state index in [-0.39, 0.29) is 12.3 Å². The molecule has 12 heteroatoms. The number of aromatic nitrogens is 5. The maximum Gasteiger partial charge on any atom is 0.217 e. The van der Waals surface area contributed by atoms with E-state index in [0.29, 0.717) is 0 Å².